The number of benzene rings is 1. The normalized spacial score (nSPS) is 10.5. The van der Waals surface area contributed by atoms with Gasteiger partial charge in [-0.2, -0.15) is 0 Å². The topological polar surface area (TPSA) is 80.6 Å². The molecule has 0 saturated carbocycles. The number of furan rings is 1. The summed E-state index contributed by atoms with van der Waals surface area (Å²) in [6.07, 6.45) is 4.29. The molecule has 0 radical (unpaired) electrons. The minimum Gasteiger partial charge on any atom is -0.485 e. The maximum absolute atomic E-state index is 11.9. The van der Waals surface area contributed by atoms with Gasteiger partial charge in [0.15, 0.2) is 10.9 Å². The number of aryl methyl sites for hydroxylation is 1. The molecule has 0 aliphatic rings. The van der Waals surface area contributed by atoms with E-state index in [1.807, 2.05) is 6.92 Å². The molecule has 1 amide bonds. The number of hydrogen-bond donors (Lipinski definition) is 2. The number of nitrogens with one attached hydrogen (secondary N) is 2. The van der Waals surface area contributed by atoms with Crippen molar-refractivity contribution < 1.29 is 18.7 Å². The fraction of sp³-hybridized carbons (Fsp3) is 0.167. The zero-order chi connectivity index (χ0) is 18.9. The Hall–Kier alpha value is -2.64. The third-order valence-electron chi connectivity index (χ3n) is 3.15. The van der Waals surface area contributed by atoms with Crippen molar-refractivity contribution in [2.45, 2.75) is 6.92 Å². The maximum Gasteiger partial charge on any atom is 0.250 e. The van der Waals surface area contributed by atoms with Gasteiger partial charge in [0.2, 0.25) is 5.91 Å². The van der Waals surface area contributed by atoms with Crippen LogP contribution in [0, 0.1) is 6.92 Å². The molecule has 8 heteroatoms. The molecule has 1 heterocycles. The Morgan fingerprint density at radius 1 is 1.35 bits per heavy atom. The number of Topliss-reactive ketones (excluding diaryl/α,β-unsaturated/α-hetero) is 1. The number of hydrogen-bond acceptors (Lipinski definition) is 5. The molecular weight excluding hydrogens is 376 g/mol. The second-order valence-corrected chi connectivity index (χ2v) is 6.10. The van der Waals surface area contributed by atoms with Gasteiger partial charge in [0.1, 0.15) is 18.1 Å². The first-order valence-electron chi connectivity index (χ1n) is 7.65. The molecule has 0 atom stereocenters. The van der Waals surface area contributed by atoms with E-state index in [9.17, 15) is 9.59 Å². The lowest BCUT2D eigenvalue weighted by Crippen LogP contribution is -2.41. The molecule has 2 aromatic rings. The van der Waals surface area contributed by atoms with Crippen molar-refractivity contribution in [3.8, 4) is 5.75 Å². The predicted molar refractivity (Wildman–Crippen MR) is 103 cm³/mol. The Kier molecular flexibility index (Phi) is 7.37. The van der Waals surface area contributed by atoms with Gasteiger partial charge in [0.05, 0.1) is 12.8 Å². The van der Waals surface area contributed by atoms with Crippen molar-refractivity contribution in [2.24, 2.45) is 0 Å². The van der Waals surface area contributed by atoms with Crippen LogP contribution in [0.1, 0.15) is 11.3 Å². The van der Waals surface area contributed by atoms with E-state index in [1.54, 1.807) is 30.3 Å². The van der Waals surface area contributed by atoms with Gasteiger partial charge in [-0.15, -0.1) is 0 Å². The minimum absolute atomic E-state index is 0.0510. The van der Waals surface area contributed by atoms with E-state index < -0.39 is 5.91 Å². The SMILES string of the molecule is Cc1cc(Cl)ccc1OCC(=O)CNC(=S)NC(=O)/C=C/c1ccco1. The average Bonchev–Trinajstić information content (AvgIpc) is 3.11. The van der Waals surface area contributed by atoms with E-state index in [1.165, 1.54) is 18.4 Å². The molecule has 26 heavy (non-hydrogen) atoms. The maximum atomic E-state index is 11.9. The van der Waals surface area contributed by atoms with Crippen LogP contribution in [0.5, 0.6) is 5.75 Å². The van der Waals surface area contributed by atoms with Crippen LogP contribution < -0.4 is 15.4 Å². The Balaban J connectivity index is 1.69. The number of halogens is 1. The third kappa shape index (κ3) is 6.70. The zero-order valence-corrected chi connectivity index (χ0v) is 15.5. The molecule has 0 aliphatic heterocycles. The summed E-state index contributed by atoms with van der Waals surface area (Å²) in [7, 11) is 0. The van der Waals surface area contributed by atoms with E-state index in [2.05, 4.69) is 10.6 Å². The van der Waals surface area contributed by atoms with Crippen molar-refractivity contribution >= 4 is 46.7 Å². The average molecular weight is 393 g/mol. The summed E-state index contributed by atoms with van der Waals surface area (Å²) in [4.78, 5) is 23.5. The van der Waals surface area contributed by atoms with Crippen LogP contribution in [0.4, 0.5) is 0 Å². The second-order valence-electron chi connectivity index (χ2n) is 5.26. The van der Waals surface area contributed by atoms with Crippen molar-refractivity contribution in [3.63, 3.8) is 0 Å². The van der Waals surface area contributed by atoms with Crippen LogP contribution in [0.15, 0.2) is 47.1 Å². The Bertz CT molecular complexity index is 819. The van der Waals surface area contributed by atoms with Crippen molar-refractivity contribution in [1.82, 2.24) is 10.6 Å². The number of thiocarbonyl (C=S) groups is 1. The van der Waals surface area contributed by atoms with Crippen LogP contribution in [0.3, 0.4) is 0 Å². The smallest absolute Gasteiger partial charge is 0.250 e. The van der Waals surface area contributed by atoms with Crippen molar-refractivity contribution in [1.29, 1.82) is 0 Å². The fourth-order valence-electron chi connectivity index (χ4n) is 1.90. The minimum atomic E-state index is -0.431. The molecule has 0 saturated heterocycles. The van der Waals surface area contributed by atoms with Gasteiger partial charge >= 0.3 is 0 Å². The number of ether oxygens (including phenoxy) is 1. The monoisotopic (exact) mass is 392 g/mol. The standard InChI is InChI=1S/C18H17ClN2O4S/c1-12-9-13(19)4-6-16(12)25-11-14(22)10-20-18(26)21-17(23)7-5-15-3-2-8-24-15/h2-9H,10-11H2,1H3,(H2,20,21,23,26)/b7-5+. The zero-order valence-electron chi connectivity index (χ0n) is 14.0. The molecule has 0 aliphatic carbocycles. The van der Waals surface area contributed by atoms with Crippen LogP contribution in [-0.4, -0.2) is 30.0 Å². The Morgan fingerprint density at radius 3 is 2.85 bits per heavy atom. The van der Waals surface area contributed by atoms with Crippen LogP contribution in [-0.2, 0) is 9.59 Å². The fourth-order valence-corrected chi connectivity index (χ4v) is 2.30. The summed E-state index contributed by atoms with van der Waals surface area (Å²) in [5.74, 6) is 0.479. The first-order chi connectivity index (χ1) is 12.4. The predicted octanol–water partition coefficient (Wildman–Crippen LogP) is 2.89. The first-order valence-corrected chi connectivity index (χ1v) is 8.43. The summed E-state index contributed by atoms with van der Waals surface area (Å²) in [5, 5.41) is 5.74. The van der Waals surface area contributed by atoms with E-state index >= 15 is 0 Å². The number of carbonyl (C=O) groups is 2. The summed E-state index contributed by atoms with van der Waals surface area (Å²) >= 11 is 10.8. The highest BCUT2D eigenvalue weighted by Crippen LogP contribution is 2.21. The second kappa shape index (κ2) is 9.74. The van der Waals surface area contributed by atoms with Gasteiger partial charge in [0.25, 0.3) is 0 Å². The van der Waals surface area contributed by atoms with E-state index in [-0.39, 0.29) is 24.0 Å². The molecule has 0 bridgehead atoms. The number of amides is 1. The molecule has 2 N–H and O–H groups in total. The van der Waals surface area contributed by atoms with Crippen LogP contribution in [0.2, 0.25) is 5.02 Å². The van der Waals surface area contributed by atoms with Gasteiger partial charge in [-0.25, -0.2) is 0 Å². The number of carbonyl (C=O) groups excluding carboxylic acids is 2. The highest BCUT2D eigenvalue weighted by Gasteiger charge is 2.07. The molecule has 0 spiro atoms. The molecular formula is C18H17ClN2O4S. The Morgan fingerprint density at radius 2 is 2.15 bits per heavy atom. The lowest BCUT2D eigenvalue weighted by molar-refractivity contribution is -0.120. The van der Waals surface area contributed by atoms with Crippen molar-refractivity contribution in [3.05, 3.63) is 59.0 Å². The van der Waals surface area contributed by atoms with E-state index in [0.29, 0.717) is 16.5 Å². The highest BCUT2D eigenvalue weighted by atomic mass is 35.5. The Labute approximate surface area is 161 Å². The quantitative estimate of drug-likeness (QED) is 0.557. The van der Waals surface area contributed by atoms with Crippen LogP contribution in [0.25, 0.3) is 6.08 Å². The molecule has 0 unspecified atom stereocenters. The van der Waals surface area contributed by atoms with Gasteiger partial charge in [-0.3, -0.25) is 14.9 Å². The molecule has 0 fully saturated rings. The largest absolute Gasteiger partial charge is 0.485 e. The van der Waals surface area contributed by atoms with Gasteiger partial charge in [-0.05, 0) is 61.1 Å². The number of ketones is 1. The lowest BCUT2D eigenvalue weighted by atomic mass is 10.2. The first kappa shape index (κ1) is 19.7. The van der Waals surface area contributed by atoms with Gasteiger partial charge < -0.3 is 14.5 Å². The lowest BCUT2D eigenvalue weighted by Gasteiger charge is -2.10. The molecule has 2 rings (SSSR count). The molecule has 136 valence electrons. The van der Waals surface area contributed by atoms with Crippen LogP contribution >= 0.6 is 23.8 Å². The summed E-state index contributed by atoms with van der Waals surface area (Å²) in [6, 6.07) is 8.56. The van der Waals surface area contributed by atoms with Gasteiger partial charge in [0, 0.05) is 11.1 Å². The summed E-state index contributed by atoms with van der Waals surface area (Å²) < 4.78 is 10.5. The summed E-state index contributed by atoms with van der Waals surface area (Å²) in [5.41, 5.74) is 0.837. The third-order valence-corrected chi connectivity index (χ3v) is 3.63. The molecule has 1 aromatic carbocycles. The molecule has 1 aromatic heterocycles. The van der Waals surface area contributed by atoms with Gasteiger partial charge in [-0.1, -0.05) is 11.6 Å². The van der Waals surface area contributed by atoms with E-state index in [0.717, 1.165) is 5.56 Å². The molecule has 6 nitrogen and oxygen atoms in total. The van der Waals surface area contributed by atoms with E-state index in [4.69, 9.17) is 33.0 Å². The highest BCUT2D eigenvalue weighted by molar-refractivity contribution is 7.80. The summed E-state index contributed by atoms with van der Waals surface area (Å²) in [6.45, 7) is 1.66. The van der Waals surface area contributed by atoms with Crippen molar-refractivity contribution in [2.75, 3.05) is 13.2 Å². The number of rotatable bonds is 7.